The van der Waals surface area contributed by atoms with E-state index in [1.54, 1.807) is 3.57 Å². The van der Waals surface area contributed by atoms with Crippen molar-refractivity contribution in [1.29, 1.82) is 0 Å². The largest absolute Gasteiger partial charge is 0.316 e. The topological polar surface area (TPSA) is 0 Å². The van der Waals surface area contributed by atoms with Crippen molar-refractivity contribution >= 4 is 28.0 Å². The van der Waals surface area contributed by atoms with Gasteiger partial charge in [-0.25, -0.2) is 0 Å². The molecule has 0 atom stereocenters. The minimum absolute atomic E-state index is 0.306. The summed E-state index contributed by atoms with van der Waals surface area (Å²) >= 11 is 0.306. The Hall–Kier alpha value is -3.11. The highest BCUT2D eigenvalue weighted by Gasteiger charge is 2.31. The summed E-state index contributed by atoms with van der Waals surface area (Å²) in [5.74, 6) is 0. The van der Waals surface area contributed by atoms with Gasteiger partial charge in [0.1, 0.15) is 6.15 Å². The molecule has 1 aliphatic rings. The summed E-state index contributed by atoms with van der Waals surface area (Å²) in [6, 6.07) is 54.6. The lowest BCUT2D eigenvalue weighted by Crippen LogP contribution is -3.65. The highest BCUT2D eigenvalue weighted by Crippen LogP contribution is 2.13. The molecule has 0 aliphatic heterocycles. The normalized spacial score (nSPS) is 13.8. The number of halogens is 1. The summed E-state index contributed by atoms with van der Waals surface area (Å²) in [6.07, 6.45) is 6.24. The van der Waals surface area contributed by atoms with E-state index in [2.05, 4.69) is 152 Å². The molecule has 0 nitrogen and oxygen atoms in total. The zero-order chi connectivity index (χ0) is 25.9. The van der Waals surface area contributed by atoms with E-state index in [-0.39, 0.29) is 0 Å². The van der Waals surface area contributed by atoms with E-state index >= 15 is 0 Å². The predicted octanol–water partition coefficient (Wildman–Crippen LogP) is 3.34. The molecule has 1 saturated carbocycles. The molecule has 5 aromatic carbocycles. The summed E-state index contributed by atoms with van der Waals surface area (Å²) in [5.41, 5.74) is 5.36. The molecule has 0 bridgehead atoms. The zero-order valence-corrected chi connectivity index (χ0v) is 24.2. The van der Waals surface area contributed by atoms with Crippen LogP contribution in [-0.4, -0.2) is 10.1 Å². The molecule has 0 amide bonds. The Morgan fingerprint density at radius 2 is 0.711 bits per heavy atom. The second-order valence-corrected chi connectivity index (χ2v) is 13.8. The van der Waals surface area contributed by atoms with Crippen molar-refractivity contribution in [2.75, 3.05) is 0 Å². The van der Waals surface area contributed by atoms with Crippen LogP contribution in [0.25, 0.3) is 0 Å². The fourth-order valence-corrected chi connectivity index (χ4v) is 9.30. The Bertz CT molecular complexity index is 1170. The van der Waals surface area contributed by atoms with E-state index < -0.39 is 6.15 Å². The SMILES string of the molecule is c1ccc([B-](c2ccccc2)(c2ccccc2)c2ccccc2)cc1.c1ccc([I+]C2CCCCC2)cc1. The van der Waals surface area contributed by atoms with Gasteiger partial charge in [-0.2, -0.15) is 21.9 Å². The molecule has 0 heterocycles. The van der Waals surface area contributed by atoms with Crippen molar-refractivity contribution in [3.8, 4) is 0 Å². The quantitative estimate of drug-likeness (QED) is 0.158. The summed E-state index contributed by atoms with van der Waals surface area (Å²) in [6.45, 7) is 0. The summed E-state index contributed by atoms with van der Waals surface area (Å²) < 4.78 is 2.71. The fourth-order valence-electron chi connectivity index (χ4n) is 5.95. The van der Waals surface area contributed by atoms with Gasteiger partial charge in [-0.05, 0) is 37.8 Å². The van der Waals surface area contributed by atoms with E-state index in [1.807, 2.05) is 0 Å². The van der Waals surface area contributed by atoms with E-state index in [4.69, 9.17) is 0 Å². The zero-order valence-electron chi connectivity index (χ0n) is 22.0. The first-order valence-corrected chi connectivity index (χ1v) is 16.3. The molecule has 0 spiro atoms. The lowest BCUT2D eigenvalue weighted by Gasteiger charge is -2.44. The highest BCUT2D eigenvalue weighted by molar-refractivity contribution is 7.19. The van der Waals surface area contributed by atoms with Gasteiger partial charge in [0.05, 0.1) is 0 Å². The van der Waals surface area contributed by atoms with Gasteiger partial charge in [0.25, 0.3) is 0 Å². The molecule has 0 saturated heterocycles. The fraction of sp³-hybridized carbons (Fsp3) is 0.167. The van der Waals surface area contributed by atoms with Crippen LogP contribution >= 0.6 is 0 Å². The monoisotopic (exact) mass is 606 g/mol. The Balaban J connectivity index is 0.000000190. The number of hydrogen-bond donors (Lipinski definition) is 0. The van der Waals surface area contributed by atoms with Crippen LogP contribution in [-0.2, 0) is 0 Å². The third kappa shape index (κ3) is 6.30. The minimum Gasteiger partial charge on any atom is -0.195 e. The summed E-state index contributed by atoms with van der Waals surface area (Å²) in [5, 5.41) is 0. The first-order chi connectivity index (χ1) is 18.9. The maximum Gasteiger partial charge on any atom is 0.316 e. The number of alkyl halides is 1. The molecule has 0 N–H and O–H groups in total. The Kier molecular flexibility index (Phi) is 9.50. The van der Waals surface area contributed by atoms with E-state index in [1.165, 1.54) is 54.0 Å². The smallest absolute Gasteiger partial charge is 0.195 e. The van der Waals surface area contributed by atoms with Crippen LogP contribution in [0.2, 0.25) is 0 Å². The molecular formula is C36H36BI. The Morgan fingerprint density at radius 1 is 0.395 bits per heavy atom. The molecular weight excluding hydrogens is 570 g/mol. The maximum atomic E-state index is 2.31. The van der Waals surface area contributed by atoms with Crippen LogP contribution < -0.4 is 43.1 Å². The van der Waals surface area contributed by atoms with E-state index in [9.17, 15) is 0 Å². The van der Waals surface area contributed by atoms with Crippen molar-refractivity contribution in [3.05, 3.63) is 155 Å². The summed E-state index contributed by atoms with van der Waals surface area (Å²) in [7, 11) is 0. The minimum atomic E-state index is -1.22. The van der Waals surface area contributed by atoms with Crippen LogP contribution in [0.15, 0.2) is 152 Å². The number of hydrogen-bond acceptors (Lipinski definition) is 0. The molecule has 0 aromatic heterocycles. The molecule has 5 aromatic rings. The van der Waals surface area contributed by atoms with Gasteiger partial charge < -0.3 is 0 Å². The molecule has 2 heteroatoms. The van der Waals surface area contributed by atoms with Gasteiger partial charge in [0.2, 0.25) is 0 Å². The lowest BCUT2D eigenvalue weighted by molar-refractivity contribution is -0.665. The molecule has 6 rings (SSSR count). The first kappa shape index (κ1) is 26.5. The van der Waals surface area contributed by atoms with Gasteiger partial charge >= 0.3 is 21.2 Å². The lowest BCUT2D eigenvalue weighted by atomic mass is 9.13. The van der Waals surface area contributed by atoms with Crippen LogP contribution in [0.3, 0.4) is 0 Å². The van der Waals surface area contributed by atoms with Crippen molar-refractivity contribution in [3.63, 3.8) is 0 Å². The average Bonchev–Trinajstić information content (AvgIpc) is 3.01. The molecule has 1 fully saturated rings. The molecule has 38 heavy (non-hydrogen) atoms. The molecule has 0 unspecified atom stereocenters. The molecule has 190 valence electrons. The number of rotatable bonds is 6. The second-order valence-electron chi connectivity index (χ2n) is 10.1. The van der Waals surface area contributed by atoms with Gasteiger partial charge in [-0.3, -0.25) is 0 Å². The second kappa shape index (κ2) is 13.6. The van der Waals surface area contributed by atoms with Crippen LogP contribution in [0.1, 0.15) is 32.1 Å². The third-order valence-electron chi connectivity index (χ3n) is 7.75. The number of benzene rings is 5. The molecule has 1 aliphatic carbocycles. The van der Waals surface area contributed by atoms with Crippen molar-refractivity contribution in [2.24, 2.45) is 0 Å². The van der Waals surface area contributed by atoms with Gasteiger partial charge in [-0.15, -0.1) is 0 Å². The Morgan fingerprint density at radius 3 is 1.05 bits per heavy atom. The van der Waals surface area contributed by atoms with Crippen LogP contribution in [0, 0.1) is 3.57 Å². The van der Waals surface area contributed by atoms with Crippen LogP contribution in [0.4, 0.5) is 0 Å². The highest BCUT2D eigenvalue weighted by atomic mass is 127. The average molecular weight is 606 g/mol. The first-order valence-electron chi connectivity index (χ1n) is 13.9. The van der Waals surface area contributed by atoms with Gasteiger partial charge in [0, 0.05) is 0 Å². The van der Waals surface area contributed by atoms with Gasteiger partial charge in [0.15, 0.2) is 7.49 Å². The molecule has 0 radical (unpaired) electrons. The van der Waals surface area contributed by atoms with E-state index in [0.717, 1.165) is 3.92 Å². The van der Waals surface area contributed by atoms with Crippen LogP contribution in [0.5, 0.6) is 0 Å². The van der Waals surface area contributed by atoms with E-state index in [0.29, 0.717) is 21.2 Å². The van der Waals surface area contributed by atoms with Crippen molar-refractivity contribution in [2.45, 2.75) is 36.0 Å². The summed E-state index contributed by atoms with van der Waals surface area (Å²) in [4.78, 5) is 0. The third-order valence-corrected chi connectivity index (χ3v) is 11.3. The standard InChI is InChI=1S/C24H20B.C12H16I/c1-5-13-21(14-6-1)25(22-15-7-2-8-16-22,23-17-9-3-10-18-23)24-19-11-4-12-20-24;1-3-7-11(8-4-1)13-12-9-5-2-6-10-12/h1-20H;1,3-4,7-8,12H,2,5-6,9-10H2/q-1;+1. The Labute approximate surface area is 239 Å². The van der Waals surface area contributed by atoms with Crippen molar-refractivity contribution in [1.82, 2.24) is 0 Å². The van der Waals surface area contributed by atoms with Crippen molar-refractivity contribution < 1.29 is 21.2 Å². The van der Waals surface area contributed by atoms with Gasteiger partial charge in [-0.1, -0.05) is 146 Å². The predicted molar refractivity (Wildman–Crippen MR) is 162 cm³/mol. The maximum absolute atomic E-state index is 2.31.